The van der Waals surface area contributed by atoms with Gasteiger partial charge in [-0.2, -0.15) is 13.2 Å². The Labute approximate surface area is 108 Å². The summed E-state index contributed by atoms with van der Waals surface area (Å²) in [7, 11) is 1.74. The van der Waals surface area contributed by atoms with Crippen LogP contribution in [-0.2, 0) is 19.3 Å². The van der Waals surface area contributed by atoms with Crippen molar-refractivity contribution in [1.29, 1.82) is 0 Å². The number of hydrogen-bond acceptors (Lipinski definition) is 3. The Balaban J connectivity index is 2.10. The van der Waals surface area contributed by atoms with Gasteiger partial charge in [-0.1, -0.05) is 23.4 Å². The monoisotopic (exact) mass is 270 g/mol. The van der Waals surface area contributed by atoms with E-state index in [9.17, 15) is 13.2 Å². The van der Waals surface area contributed by atoms with Gasteiger partial charge in [-0.05, 0) is 18.7 Å². The van der Waals surface area contributed by atoms with Crippen molar-refractivity contribution in [3.8, 4) is 0 Å². The van der Waals surface area contributed by atoms with Gasteiger partial charge in [0.15, 0.2) is 0 Å². The zero-order valence-electron chi connectivity index (χ0n) is 10.3. The molecule has 2 aromatic rings. The quantitative estimate of drug-likeness (QED) is 0.853. The van der Waals surface area contributed by atoms with Crippen molar-refractivity contribution >= 4 is 0 Å². The SMILES string of the molecule is CN(Cc1ccon1)Cc1ccccc1C(F)(F)F. The molecule has 1 aromatic carbocycles. The Morgan fingerprint density at radius 2 is 1.89 bits per heavy atom. The van der Waals surface area contributed by atoms with E-state index in [1.54, 1.807) is 24.1 Å². The minimum Gasteiger partial charge on any atom is -0.364 e. The highest BCUT2D eigenvalue weighted by atomic mass is 19.4. The van der Waals surface area contributed by atoms with Crippen molar-refractivity contribution in [2.75, 3.05) is 7.05 Å². The van der Waals surface area contributed by atoms with Crippen molar-refractivity contribution in [3.63, 3.8) is 0 Å². The van der Waals surface area contributed by atoms with E-state index in [2.05, 4.69) is 9.68 Å². The molecule has 0 fully saturated rings. The third-order valence-electron chi connectivity index (χ3n) is 2.69. The van der Waals surface area contributed by atoms with Crippen LogP contribution in [0.3, 0.4) is 0 Å². The van der Waals surface area contributed by atoms with Crippen molar-refractivity contribution in [2.24, 2.45) is 0 Å². The first-order valence-corrected chi connectivity index (χ1v) is 5.69. The lowest BCUT2D eigenvalue weighted by molar-refractivity contribution is -0.138. The second-order valence-electron chi connectivity index (χ2n) is 4.32. The van der Waals surface area contributed by atoms with E-state index in [4.69, 9.17) is 0 Å². The first kappa shape index (κ1) is 13.6. The largest absolute Gasteiger partial charge is 0.416 e. The molecule has 0 unspecified atom stereocenters. The molecule has 0 saturated heterocycles. The van der Waals surface area contributed by atoms with Crippen LogP contribution in [0.2, 0.25) is 0 Å². The zero-order chi connectivity index (χ0) is 13.9. The smallest absolute Gasteiger partial charge is 0.364 e. The Kier molecular flexibility index (Phi) is 3.90. The number of aromatic nitrogens is 1. The molecule has 0 aliphatic rings. The molecule has 6 heteroatoms. The van der Waals surface area contributed by atoms with Crippen LogP contribution >= 0.6 is 0 Å². The summed E-state index contributed by atoms with van der Waals surface area (Å²) in [5, 5.41) is 3.73. The molecule has 0 radical (unpaired) electrons. The van der Waals surface area contributed by atoms with Crippen LogP contribution in [0.4, 0.5) is 13.2 Å². The van der Waals surface area contributed by atoms with E-state index in [-0.39, 0.29) is 12.1 Å². The van der Waals surface area contributed by atoms with Gasteiger partial charge in [0.05, 0.1) is 11.3 Å². The highest BCUT2D eigenvalue weighted by Gasteiger charge is 2.32. The second-order valence-corrected chi connectivity index (χ2v) is 4.32. The number of hydrogen-bond donors (Lipinski definition) is 0. The van der Waals surface area contributed by atoms with Crippen molar-refractivity contribution < 1.29 is 17.7 Å². The maximum atomic E-state index is 12.8. The van der Waals surface area contributed by atoms with Gasteiger partial charge in [-0.15, -0.1) is 0 Å². The number of benzene rings is 1. The summed E-state index contributed by atoms with van der Waals surface area (Å²) in [5.74, 6) is 0. The Morgan fingerprint density at radius 3 is 2.53 bits per heavy atom. The molecular weight excluding hydrogens is 257 g/mol. The summed E-state index contributed by atoms with van der Waals surface area (Å²) in [4.78, 5) is 1.75. The molecule has 1 heterocycles. The number of nitrogens with zero attached hydrogens (tertiary/aromatic N) is 2. The Bertz CT molecular complexity index is 523. The van der Waals surface area contributed by atoms with E-state index in [1.807, 2.05) is 0 Å². The van der Waals surface area contributed by atoms with Gasteiger partial charge in [-0.25, -0.2) is 0 Å². The third-order valence-corrected chi connectivity index (χ3v) is 2.69. The highest BCUT2D eigenvalue weighted by molar-refractivity contribution is 5.29. The normalized spacial score (nSPS) is 12.1. The molecule has 19 heavy (non-hydrogen) atoms. The minimum atomic E-state index is -4.33. The summed E-state index contributed by atoms with van der Waals surface area (Å²) in [5.41, 5.74) is 0.343. The van der Waals surface area contributed by atoms with E-state index in [1.165, 1.54) is 18.4 Å². The van der Waals surface area contributed by atoms with Gasteiger partial charge in [-0.3, -0.25) is 4.90 Å². The molecule has 0 aliphatic heterocycles. The van der Waals surface area contributed by atoms with E-state index >= 15 is 0 Å². The fourth-order valence-corrected chi connectivity index (χ4v) is 1.88. The Hall–Kier alpha value is -1.82. The van der Waals surface area contributed by atoms with Gasteiger partial charge < -0.3 is 4.52 Å². The number of halogens is 3. The summed E-state index contributed by atoms with van der Waals surface area (Å²) in [6.07, 6.45) is -2.89. The van der Waals surface area contributed by atoms with E-state index < -0.39 is 11.7 Å². The third kappa shape index (κ3) is 3.57. The molecule has 102 valence electrons. The van der Waals surface area contributed by atoms with Crippen molar-refractivity contribution in [3.05, 3.63) is 53.4 Å². The van der Waals surface area contributed by atoms with Gasteiger partial charge in [0, 0.05) is 19.2 Å². The predicted molar refractivity (Wildman–Crippen MR) is 63.1 cm³/mol. The van der Waals surface area contributed by atoms with Crippen LogP contribution in [0.1, 0.15) is 16.8 Å². The molecule has 0 atom stereocenters. The topological polar surface area (TPSA) is 29.3 Å². The van der Waals surface area contributed by atoms with Gasteiger partial charge >= 0.3 is 6.18 Å². The summed E-state index contributed by atoms with van der Waals surface area (Å²) in [6, 6.07) is 7.27. The minimum absolute atomic E-state index is 0.197. The lowest BCUT2D eigenvalue weighted by Crippen LogP contribution is -2.20. The molecule has 0 spiro atoms. The first-order valence-electron chi connectivity index (χ1n) is 5.69. The van der Waals surface area contributed by atoms with Gasteiger partial charge in [0.25, 0.3) is 0 Å². The van der Waals surface area contributed by atoms with Crippen LogP contribution in [0, 0.1) is 0 Å². The zero-order valence-corrected chi connectivity index (χ0v) is 10.3. The van der Waals surface area contributed by atoms with Gasteiger partial charge in [0.1, 0.15) is 6.26 Å². The molecule has 2 rings (SSSR count). The average Bonchev–Trinajstić information content (AvgIpc) is 2.81. The number of alkyl halides is 3. The molecule has 1 aromatic heterocycles. The maximum absolute atomic E-state index is 12.8. The molecular formula is C13H13F3N2O. The van der Waals surface area contributed by atoms with Crippen molar-refractivity contribution in [1.82, 2.24) is 10.1 Å². The van der Waals surface area contributed by atoms with Crippen LogP contribution in [0.15, 0.2) is 41.1 Å². The van der Waals surface area contributed by atoms with E-state index in [0.29, 0.717) is 12.2 Å². The second kappa shape index (κ2) is 5.44. The van der Waals surface area contributed by atoms with Crippen LogP contribution in [-0.4, -0.2) is 17.1 Å². The predicted octanol–water partition coefficient (Wildman–Crippen LogP) is 3.33. The van der Waals surface area contributed by atoms with Crippen molar-refractivity contribution in [2.45, 2.75) is 19.3 Å². The highest BCUT2D eigenvalue weighted by Crippen LogP contribution is 2.32. The first-order chi connectivity index (χ1) is 8.97. The van der Waals surface area contributed by atoms with Gasteiger partial charge in [0.2, 0.25) is 0 Å². The fraction of sp³-hybridized carbons (Fsp3) is 0.308. The molecule has 0 amide bonds. The average molecular weight is 270 g/mol. The summed E-state index contributed by atoms with van der Waals surface area (Å²) in [6.45, 7) is 0.630. The fourth-order valence-electron chi connectivity index (χ4n) is 1.88. The lowest BCUT2D eigenvalue weighted by Gasteiger charge is -2.18. The van der Waals surface area contributed by atoms with Crippen LogP contribution < -0.4 is 0 Å². The summed E-state index contributed by atoms with van der Waals surface area (Å²) < 4.78 is 43.2. The standard InChI is InChI=1S/C13H13F3N2O/c1-18(9-11-6-7-19-17-11)8-10-4-2-3-5-12(10)13(14,15)16/h2-7H,8-9H2,1H3. The summed E-state index contributed by atoms with van der Waals surface area (Å²) >= 11 is 0. The molecule has 0 aliphatic carbocycles. The molecule has 0 saturated carbocycles. The molecule has 0 N–H and O–H groups in total. The maximum Gasteiger partial charge on any atom is 0.416 e. The Morgan fingerprint density at radius 1 is 1.16 bits per heavy atom. The van der Waals surface area contributed by atoms with Crippen LogP contribution in [0.25, 0.3) is 0 Å². The molecule has 3 nitrogen and oxygen atoms in total. The number of rotatable bonds is 4. The van der Waals surface area contributed by atoms with E-state index in [0.717, 1.165) is 6.07 Å². The molecule has 0 bridgehead atoms. The lowest BCUT2D eigenvalue weighted by atomic mass is 10.1. The van der Waals surface area contributed by atoms with Crippen LogP contribution in [0.5, 0.6) is 0 Å².